The minimum Gasteiger partial charge on any atom is -0.379 e. The van der Waals surface area contributed by atoms with Gasteiger partial charge in [-0.15, -0.1) is 5.10 Å². The zero-order valence-electron chi connectivity index (χ0n) is 8.77. The Hall–Kier alpha value is -0.940. The van der Waals surface area contributed by atoms with Crippen molar-refractivity contribution in [2.24, 2.45) is 0 Å². The number of rotatable bonds is 1. The Morgan fingerprint density at radius 1 is 1.44 bits per heavy atom. The topological polar surface area (TPSA) is 39.9 Å². The molecule has 1 fully saturated rings. The number of hydrogen-bond donors (Lipinski definition) is 0. The predicted octanol–water partition coefficient (Wildman–Crippen LogP) is 2.55. The molecule has 1 aromatic carbocycles. The monoisotopic (exact) mass is 281 g/mol. The molecule has 1 aliphatic heterocycles. The highest BCUT2D eigenvalue weighted by molar-refractivity contribution is 9.10. The fourth-order valence-electron chi connectivity index (χ4n) is 2.10. The smallest absolute Gasteiger partial charge is 0.114 e. The Labute approximate surface area is 102 Å². The van der Waals surface area contributed by atoms with Crippen molar-refractivity contribution in [3.8, 4) is 0 Å². The van der Waals surface area contributed by atoms with Gasteiger partial charge in [0, 0.05) is 11.1 Å². The Morgan fingerprint density at radius 2 is 2.38 bits per heavy atom. The number of aromatic nitrogens is 3. The predicted molar refractivity (Wildman–Crippen MR) is 64.3 cm³/mol. The molecule has 1 aliphatic rings. The molecular formula is C11H12BrN3O. The highest BCUT2D eigenvalue weighted by atomic mass is 79.9. The maximum absolute atomic E-state index is 5.48. The molecule has 0 radical (unpaired) electrons. The van der Waals surface area contributed by atoms with E-state index in [1.165, 1.54) is 0 Å². The molecule has 5 heteroatoms. The molecule has 3 rings (SSSR count). The normalized spacial score (nSPS) is 21.4. The van der Waals surface area contributed by atoms with Crippen LogP contribution in [0, 0.1) is 0 Å². The summed E-state index contributed by atoms with van der Waals surface area (Å²) in [4.78, 5) is 0. The lowest BCUT2D eigenvalue weighted by molar-refractivity contribution is 0.0558. The summed E-state index contributed by atoms with van der Waals surface area (Å²) in [5.41, 5.74) is 2.01. The molecule has 1 aromatic heterocycles. The lowest BCUT2D eigenvalue weighted by Gasteiger charge is -2.22. The van der Waals surface area contributed by atoms with E-state index in [0.29, 0.717) is 6.04 Å². The summed E-state index contributed by atoms with van der Waals surface area (Å²) < 4.78 is 8.50. The SMILES string of the molecule is Brc1ccc2c(c1)nnn2C1CCCOC1. The van der Waals surface area contributed by atoms with E-state index >= 15 is 0 Å². The lowest BCUT2D eigenvalue weighted by atomic mass is 10.1. The van der Waals surface area contributed by atoms with E-state index < -0.39 is 0 Å². The number of benzene rings is 1. The fourth-order valence-corrected chi connectivity index (χ4v) is 2.45. The van der Waals surface area contributed by atoms with Gasteiger partial charge in [-0.2, -0.15) is 0 Å². The second-order valence-corrected chi connectivity index (χ2v) is 4.95. The third kappa shape index (κ3) is 1.74. The molecule has 0 N–H and O–H groups in total. The summed E-state index contributed by atoms with van der Waals surface area (Å²) in [6, 6.07) is 6.39. The van der Waals surface area contributed by atoms with Gasteiger partial charge in [0.2, 0.25) is 0 Å². The summed E-state index contributed by atoms with van der Waals surface area (Å²) in [6.45, 7) is 1.61. The van der Waals surface area contributed by atoms with Gasteiger partial charge in [-0.1, -0.05) is 21.1 Å². The average Bonchev–Trinajstić information content (AvgIpc) is 2.73. The lowest BCUT2D eigenvalue weighted by Crippen LogP contribution is -2.22. The number of nitrogens with zero attached hydrogens (tertiary/aromatic N) is 3. The zero-order chi connectivity index (χ0) is 11.0. The summed E-state index contributed by atoms with van der Waals surface area (Å²) >= 11 is 3.44. The fraction of sp³-hybridized carbons (Fsp3) is 0.455. The van der Waals surface area contributed by atoms with Gasteiger partial charge in [0.15, 0.2) is 0 Å². The third-order valence-corrected chi connectivity index (χ3v) is 3.41. The van der Waals surface area contributed by atoms with E-state index in [-0.39, 0.29) is 0 Å². The van der Waals surface area contributed by atoms with Crippen LogP contribution in [-0.4, -0.2) is 28.2 Å². The molecule has 0 spiro atoms. The van der Waals surface area contributed by atoms with Crippen LogP contribution in [0.5, 0.6) is 0 Å². The molecular weight excluding hydrogens is 270 g/mol. The van der Waals surface area contributed by atoms with Crippen LogP contribution in [0.15, 0.2) is 22.7 Å². The van der Waals surface area contributed by atoms with Gasteiger partial charge in [-0.3, -0.25) is 0 Å². The van der Waals surface area contributed by atoms with Gasteiger partial charge < -0.3 is 4.74 Å². The van der Waals surface area contributed by atoms with Crippen molar-refractivity contribution in [1.29, 1.82) is 0 Å². The summed E-state index contributed by atoms with van der Waals surface area (Å²) in [5, 5.41) is 8.41. The highest BCUT2D eigenvalue weighted by Crippen LogP contribution is 2.24. The number of ether oxygens (including phenoxy) is 1. The van der Waals surface area contributed by atoms with Crippen LogP contribution in [0.4, 0.5) is 0 Å². The second-order valence-electron chi connectivity index (χ2n) is 4.04. The minimum atomic E-state index is 0.333. The van der Waals surface area contributed by atoms with Crippen LogP contribution in [0.1, 0.15) is 18.9 Å². The molecule has 1 saturated heterocycles. The zero-order valence-corrected chi connectivity index (χ0v) is 10.4. The molecule has 4 nitrogen and oxygen atoms in total. The van der Waals surface area contributed by atoms with Crippen molar-refractivity contribution in [2.45, 2.75) is 18.9 Å². The first-order valence-corrected chi connectivity index (χ1v) is 6.22. The molecule has 0 bridgehead atoms. The first-order valence-electron chi connectivity index (χ1n) is 5.43. The molecule has 0 saturated carbocycles. The van der Waals surface area contributed by atoms with Crippen molar-refractivity contribution in [1.82, 2.24) is 15.0 Å². The summed E-state index contributed by atoms with van der Waals surface area (Å²) in [6.07, 6.45) is 2.22. The van der Waals surface area contributed by atoms with Crippen molar-refractivity contribution in [2.75, 3.05) is 13.2 Å². The van der Waals surface area contributed by atoms with Gasteiger partial charge in [0.1, 0.15) is 5.52 Å². The van der Waals surface area contributed by atoms with Crippen molar-refractivity contribution in [3.05, 3.63) is 22.7 Å². The first kappa shape index (κ1) is 10.2. The van der Waals surface area contributed by atoms with E-state index in [0.717, 1.165) is 41.6 Å². The molecule has 0 aliphatic carbocycles. The van der Waals surface area contributed by atoms with E-state index in [1.54, 1.807) is 0 Å². The molecule has 1 atom stereocenters. The largest absolute Gasteiger partial charge is 0.379 e. The van der Waals surface area contributed by atoms with Gasteiger partial charge >= 0.3 is 0 Å². The van der Waals surface area contributed by atoms with Gasteiger partial charge in [0.25, 0.3) is 0 Å². The van der Waals surface area contributed by atoms with Gasteiger partial charge in [-0.05, 0) is 31.0 Å². The van der Waals surface area contributed by atoms with Gasteiger partial charge in [0.05, 0.1) is 18.2 Å². The molecule has 16 heavy (non-hydrogen) atoms. The Morgan fingerprint density at radius 3 is 3.19 bits per heavy atom. The van der Waals surface area contributed by atoms with Crippen LogP contribution in [0.2, 0.25) is 0 Å². The third-order valence-electron chi connectivity index (χ3n) is 2.92. The minimum absolute atomic E-state index is 0.333. The Balaban J connectivity index is 2.03. The van der Waals surface area contributed by atoms with Crippen LogP contribution < -0.4 is 0 Å². The molecule has 84 valence electrons. The van der Waals surface area contributed by atoms with Crippen LogP contribution in [-0.2, 0) is 4.74 Å². The number of fused-ring (bicyclic) bond motifs is 1. The van der Waals surface area contributed by atoms with Crippen LogP contribution in [0.3, 0.4) is 0 Å². The number of hydrogen-bond acceptors (Lipinski definition) is 3. The highest BCUT2D eigenvalue weighted by Gasteiger charge is 2.18. The van der Waals surface area contributed by atoms with E-state index in [1.807, 2.05) is 22.9 Å². The first-order chi connectivity index (χ1) is 7.84. The average molecular weight is 282 g/mol. The van der Waals surface area contributed by atoms with Crippen LogP contribution >= 0.6 is 15.9 Å². The Bertz CT molecular complexity index is 505. The van der Waals surface area contributed by atoms with Crippen molar-refractivity contribution in [3.63, 3.8) is 0 Å². The molecule has 0 amide bonds. The molecule has 2 aromatic rings. The second kappa shape index (κ2) is 4.14. The quantitative estimate of drug-likeness (QED) is 0.807. The van der Waals surface area contributed by atoms with Crippen LogP contribution in [0.25, 0.3) is 11.0 Å². The van der Waals surface area contributed by atoms with E-state index in [4.69, 9.17) is 4.74 Å². The standard InChI is InChI=1S/C11H12BrN3O/c12-8-3-4-11-10(6-8)13-14-15(11)9-2-1-5-16-7-9/h3-4,6,9H,1-2,5,7H2. The van der Waals surface area contributed by atoms with E-state index in [9.17, 15) is 0 Å². The maximum atomic E-state index is 5.48. The van der Waals surface area contributed by atoms with Crippen molar-refractivity contribution >= 4 is 27.0 Å². The summed E-state index contributed by atoms with van der Waals surface area (Å²) in [5.74, 6) is 0. The summed E-state index contributed by atoms with van der Waals surface area (Å²) in [7, 11) is 0. The number of halogens is 1. The molecule has 1 unspecified atom stereocenters. The van der Waals surface area contributed by atoms with Crippen molar-refractivity contribution < 1.29 is 4.74 Å². The van der Waals surface area contributed by atoms with E-state index in [2.05, 4.69) is 26.2 Å². The Kier molecular flexibility index (Phi) is 2.65. The molecule has 2 heterocycles. The maximum Gasteiger partial charge on any atom is 0.114 e. The van der Waals surface area contributed by atoms with Gasteiger partial charge in [-0.25, -0.2) is 4.68 Å².